The van der Waals surface area contributed by atoms with E-state index in [1.165, 1.54) is 5.69 Å². The van der Waals surface area contributed by atoms with Gasteiger partial charge in [0.15, 0.2) is 0 Å². The molecule has 0 bridgehead atoms. The number of para-hydroxylation sites is 1. The van der Waals surface area contributed by atoms with Crippen molar-refractivity contribution >= 4 is 17.3 Å². The van der Waals surface area contributed by atoms with Gasteiger partial charge in [-0.2, -0.15) is 0 Å². The van der Waals surface area contributed by atoms with Crippen molar-refractivity contribution in [3.8, 4) is 11.5 Å². The molecule has 5 rings (SSSR count). The molecule has 0 aliphatic carbocycles. The number of anilines is 1. The summed E-state index contributed by atoms with van der Waals surface area (Å²) >= 11 is 6.15. The predicted octanol–water partition coefficient (Wildman–Crippen LogP) is 5.30. The average molecular weight is 431 g/mol. The lowest BCUT2D eigenvalue weighted by molar-refractivity contribution is 0.188. The Hall–Kier alpha value is -3.15. The van der Waals surface area contributed by atoms with Gasteiger partial charge < -0.3 is 9.32 Å². The molecule has 31 heavy (non-hydrogen) atoms. The second kappa shape index (κ2) is 8.92. The number of hydrogen-bond donors (Lipinski definition) is 0. The van der Waals surface area contributed by atoms with Crippen LogP contribution in [0, 0.1) is 0 Å². The van der Waals surface area contributed by atoms with E-state index in [9.17, 15) is 0 Å². The van der Waals surface area contributed by atoms with E-state index in [0.717, 1.165) is 37.3 Å². The summed E-state index contributed by atoms with van der Waals surface area (Å²) in [5.74, 6) is 1.15. The second-order valence-corrected chi connectivity index (χ2v) is 8.06. The lowest BCUT2D eigenvalue weighted by Gasteiger charge is -2.39. The van der Waals surface area contributed by atoms with E-state index in [1.807, 2.05) is 54.6 Å². The van der Waals surface area contributed by atoms with Crippen LogP contribution in [-0.2, 0) is 0 Å². The average Bonchev–Trinajstić information content (AvgIpc) is 3.32. The van der Waals surface area contributed by atoms with Crippen LogP contribution in [0.5, 0.6) is 0 Å². The van der Waals surface area contributed by atoms with Crippen LogP contribution in [0.4, 0.5) is 5.69 Å². The Bertz CT molecular complexity index is 1110. The van der Waals surface area contributed by atoms with Crippen LogP contribution in [0.2, 0.25) is 5.02 Å². The van der Waals surface area contributed by atoms with E-state index in [2.05, 4.69) is 50.3 Å². The lowest BCUT2D eigenvalue weighted by atomic mass is 10.0. The van der Waals surface area contributed by atoms with Gasteiger partial charge in [0.25, 0.3) is 0 Å². The van der Waals surface area contributed by atoms with Crippen molar-refractivity contribution in [1.82, 2.24) is 15.1 Å². The van der Waals surface area contributed by atoms with E-state index < -0.39 is 0 Å². The van der Waals surface area contributed by atoms with E-state index in [0.29, 0.717) is 16.8 Å². The maximum Gasteiger partial charge on any atom is 0.247 e. The normalized spacial score (nSPS) is 15.7. The van der Waals surface area contributed by atoms with Gasteiger partial charge in [-0.15, -0.1) is 10.2 Å². The summed E-state index contributed by atoms with van der Waals surface area (Å²) in [6.07, 6.45) is 0. The van der Waals surface area contributed by atoms with E-state index >= 15 is 0 Å². The quantitative estimate of drug-likeness (QED) is 0.429. The minimum Gasteiger partial charge on any atom is -0.419 e. The number of hydrogen-bond acceptors (Lipinski definition) is 5. The molecule has 0 unspecified atom stereocenters. The molecule has 1 aliphatic heterocycles. The van der Waals surface area contributed by atoms with Gasteiger partial charge in [0.2, 0.25) is 11.8 Å². The Labute approximate surface area is 186 Å². The molecule has 5 nitrogen and oxygen atoms in total. The standard InChI is InChI=1S/C25H23ClN4O/c26-21-13-11-19(12-14-21)23(25-28-27-24(31-25)20-7-3-1-4-8-20)30-17-15-29(16-18-30)22-9-5-2-6-10-22/h1-14,23H,15-18H2/t23-/m1/s1. The molecule has 1 saturated heterocycles. The second-order valence-electron chi connectivity index (χ2n) is 7.62. The van der Waals surface area contributed by atoms with Crippen LogP contribution in [0.1, 0.15) is 17.5 Å². The Morgan fingerprint density at radius 3 is 2.06 bits per heavy atom. The van der Waals surface area contributed by atoms with Crippen molar-refractivity contribution < 1.29 is 4.42 Å². The molecule has 0 amide bonds. The lowest BCUT2D eigenvalue weighted by Crippen LogP contribution is -2.48. The number of rotatable bonds is 5. The van der Waals surface area contributed by atoms with Crippen molar-refractivity contribution in [3.63, 3.8) is 0 Å². The number of aromatic nitrogens is 2. The molecule has 4 aromatic rings. The van der Waals surface area contributed by atoms with Gasteiger partial charge in [-0.3, -0.25) is 4.90 Å². The van der Waals surface area contributed by atoms with Gasteiger partial charge in [-0.05, 0) is 42.0 Å². The molecule has 0 spiro atoms. The van der Waals surface area contributed by atoms with E-state index in [1.54, 1.807) is 0 Å². The maximum absolute atomic E-state index is 6.17. The molecule has 0 saturated carbocycles. The first-order valence-electron chi connectivity index (χ1n) is 10.5. The van der Waals surface area contributed by atoms with Crippen molar-refractivity contribution in [2.45, 2.75) is 6.04 Å². The van der Waals surface area contributed by atoms with Crippen LogP contribution < -0.4 is 4.90 Å². The predicted molar refractivity (Wildman–Crippen MR) is 123 cm³/mol. The van der Waals surface area contributed by atoms with Gasteiger partial charge in [0, 0.05) is 42.5 Å². The third-order valence-electron chi connectivity index (χ3n) is 5.68. The molecule has 0 N–H and O–H groups in total. The van der Waals surface area contributed by atoms with Crippen molar-refractivity contribution in [1.29, 1.82) is 0 Å². The summed E-state index contributed by atoms with van der Waals surface area (Å²) in [6.45, 7) is 3.66. The highest BCUT2D eigenvalue weighted by Crippen LogP contribution is 2.32. The largest absolute Gasteiger partial charge is 0.419 e. The van der Waals surface area contributed by atoms with Gasteiger partial charge in [-0.25, -0.2) is 0 Å². The van der Waals surface area contributed by atoms with Crippen molar-refractivity contribution in [2.24, 2.45) is 0 Å². The van der Waals surface area contributed by atoms with Crippen molar-refractivity contribution in [2.75, 3.05) is 31.1 Å². The molecule has 1 atom stereocenters. The Morgan fingerprint density at radius 1 is 0.742 bits per heavy atom. The number of benzene rings is 3. The Kier molecular flexibility index (Phi) is 5.69. The van der Waals surface area contributed by atoms with E-state index in [-0.39, 0.29) is 6.04 Å². The molecule has 1 aromatic heterocycles. The molecule has 3 aromatic carbocycles. The van der Waals surface area contributed by atoms with Crippen molar-refractivity contribution in [3.05, 3.63) is 101 Å². The Balaban J connectivity index is 1.42. The summed E-state index contributed by atoms with van der Waals surface area (Å²) in [5.41, 5.74) is 3.28. The van der Waals surface area contributed by atoms with Crippen LogP contribution in [0.15, 0.2) is 89.3 Å². The molecule has 0 radical (unpaired) electrons. The molecular formula is C25H23ClN4O. The minimum atomic E-state index is -0.111. The van der Waals surface area contributed by atoms with Crippen LogP contribution in [0.25, 0.3) is 11.5 Å². The molecule has 1 aliphatic rings. The first kappa shape index (κ1) is 19.8. The summed E-state index contributed by atoms with van der Waals surface area (Å²) in [4.78, 5) is 4.82. The fourth-order valence-corrected chi connectivity index (χ4v) is 4.20. The summed E-state index contributed by atoms with van der Waals surface area (Å²) < 4.78 is 6.17. The highest BCUT2D eigenvalue weighted by Gasteiger charge is 2.30. The highest BCUT2D eigenvalue weighted by atomic mass is 35.5. The summed E-state index contributed by atoms with van der Waals surface area (Å²) in [6, 6.07) is 28.2. The first-order valence-corrected chi connectivity index (χ1v) is 10.8. The van der Waals surface area contributed by atoms with Crippen LogP contribution >= 0.6 is 11.6 Å². The zero-order chi connectivity index (χ0) is 21.0. The molecule has 6 heteroatoms. The highest BCUT2D eigenvalue weighted by molar-refractivity contribution is 6.30. The topological polar surface area (TPSA) is 45.4 Å². The first-order chi connectivity index (χ1) is 15.3. The molecule has 156 valence electrons. The van der Waals surface area contributed by atoms with Gasteiger partial charge in [-0.1, -0.05) is 60.1 Å². The van der Waals surface area contributed by atoms with Crippen LogP contribution in [-0.4, -0.2) is 41.3 Å². The van der Waals surface area contributed by atoms with E-state index in [4.69, 9.17) is 16.0 Å². The molecular weight excluding hydrogens is 408 g/mol. The summed E-state index contributed by atoms with van der Waals surface area (Å²) in [7, 11) is 0. The monoisotopic (exact) mass is 430 g/mol. The number of piperazine rings is 1. The number of halogens is 1. The Morgan fingerprint density at radius 2 is 1.39 bits per heavy atom. The van der Waals surface area contributed by atoms with Gasteiger partial charge in [0.05, 0.1) is 0 Å². The van der Waals surface area contributed by atoms with Crippen LogP contribution in [0.3, 0.4) is 0 Å². The van der Waals surface area contributed by atoms with Gasteiger partial charge in [0.1, 0.15) is 6.04 Å². The minimum absolute atomic E-state index is 0.111. The smallest absolute Gasteiger partial charge is 0.247 e. The third kappa shape index (κ3) is 4.33. The molecule has 2 heterocycles. The zero-order valence-electron chi connectivity index (χ0n) is 17.1. The van der Waals surface area contributed by atoms with Gasteiger partial charge >= 0.3 is 0 Å². The summed E-state index contributed by atoms with van der Waals surface area (Å²) in [5, 5.41) is 9.48. The third-order valence-corrected chi connectivity index (χ3v) is 5.93. The fourth-order valence-electron chi connectivity index (χ4n) is 4.07. The zero-order valence-corrected chi connectivity index (χ0v) is 17.8. The molecule has 1 fully saturated rings. The fraction of sp³-hybridized carbons (Fsp3) is 0.200. The maximum atomic E-state index is 6.17. The number of nitrogens with zero attached hydrogens (tertiary/aromatic N) is 4. The SMILES string of the molecule is Clc1ccc([C@H](c2nnc(-c3ccccc3)o2)N2CCN(c3ccccc3)CC2)cc1.